The summed E-state index contributed by atoms with van der Waals surface area (Å²) in [5.74, 6) is -1.43. The highest BCUT2D eigenvalue weighted by Crippen LogP contribution is 2.47. The van der Waals surface area contributed by atoms with Crippen LogP contribution in [0.5, 0.6) is 0 Å². The number of para-hydroxylation sites is 2. The molecule has 0 saturated heterocycles. The summed E-state index contributed by atoms with van der Waals surface area (Å²) in [4.78, 5) is 43.5. The van der Waals surface area contributed by atoms with E-state index in [0.29, 0.717) is 53.4 Å². The molecule has 3 amide bonds. The second kappa shape index (κ2) is 16.8. The van der Waals surface area contributed by atoms with Crippen LogP contribution in [-0.2, 0) is 33.1 Å². The predicted molar refractivity (Wildman–Crippen MR) is 216 cm³/mol. The highest BCUT2D eigenvalue weighted by atomic mass is 16.3. The van der Waals surface area contributed by atoms with Gasteiger partial charge in [-0.2, -0.15) is 0 Å². The zero-order chi connectivity index (χ0) is 39.1. The molecule has 2 heterocycles. The molecule has 6 aromatic rings. The minimum atomic E-state index is -1.95. The van der Waals surface area contributed by atoms with E-state index in [1.165, 1.54) is 9.80 Å². The number of carbonyl (C=O) groups is 3. The maximum Gasteiger partial charge on any atom is 0.264 e. The van der Waals surface area contributed by atoms with E-state index in [0.717, 1.165) is 23.2 Å². The van der Waals surface area contributed by atoms with Crippen molar-refractivity contribution in [1.82, 2.24) is 15.0 Å². The second-order valence-corrected chi connectivity index (χ2v) is 13.7. The van der Waals surface area contributed by atoms with E-state index in [4.69, 9.17) is 0 Å². The third kappa shape index (κ3) is 7.50. The minimum absolute atomic E-state index is 0.0960. The van der Waals surface area contributed by atoms with Gasteiger partial charge in [-0.3, -0.25) is 28.9 Å². The highest BCUT2D eigenvalue weighted by molar-refractivity contribution is 6.08. The first-order chi connectivity index (χ1) is 27.3. The number of carbonyl (C=O) groups excluding carboxylic acids is 3. The van der Waals surface area contributed by atoms with E-state index >= 15 is 0 Å². The Bertz CT molecular complexity index is 2300. The number of aliphatic hydroxyl groups excluding tert-OH is 1. The summed E-state index contributed by atoms with van der Waals surface area (Å²) in [5.41, 5.74) is 3.95. The lowest BCUT2D eigenvalue weighted by atomic mass is 9.82. The first-order valence-corrected chi connectivity index (χ1v) is 18.4. The Morgan fingerprint density at radius 3 is 1.95 bits per heavy atom. The Labute approximate surface area is 325 Å². The van der Waals surface area contributed by atoms with Gasteiger partial charge in [-0.25, -0.2) is 0 Å². The normalized spacial score (nSPS) is 16.1. The van der Waals surface area contributed by atoms with Gasteiger partial charge in [0.25, 0.3) is 5.91 Å². The number of fused-ring (bicyclic) bond motifs is 1. The highest BCUT2D eigenvalue weighted by Gasteiger charge is 2.52. The molecule has 0 spiro atoms. The molecule has 5 aromatic carbocycles. The number of hydrogen-bond acceptors (Lipinski definition) is 7. The largest absolute Gasteiger partial charge is 0.395 e. The first-order valence-electron chi connectivity index (χ1n) is 18.4. The Morgan fingerprint density at radius 2 is 1.34 bits per heavy atom. The van der Waals surface area contributed by atoms with E-state index in [2.05, 4.69) is 10.3 Å². The fourth-order valence-electron chi connectivity index (χ4n) is 7.19. The number of aromatic nitrogens is 3. The zero-order valence-corrected chi connectivity index (χ0v) is 30.9. The van der Waals surface area contributed by atoms with E-state index in [1.807, 2.05) is 134 Å². The zero-order valence-electron chi connectivity index (χ0n) is 30.9. The van der Waals surface area contributed by atoms with Gasteiger partial charge in [-0.05, 0) is 72.1 Å². The molecule has 11 heteroatoms. The van der Waals surface area contributed by atoms with Crippen molar-refractivity contribution >= 4 is 47.2 Å². The van der Waals surface area contributed by atoms with Gasteiger partial charge in [0.05, 0.1) is 30.5 Å². The number of rotatable bonds is 16. The van der Waals surface area contributed by atoms with Gasteiger partial charge in [0.1, 0.15) is 0 Å². The van der Waals surface area contributed by atoms with E-state index in [9.17, 15) is 24.6 Å². The lowest BCUT2D eigenvalue weighted by molar-refractivity contribution is -0.139. The van der Waals surface area contributed by atoms with E-state index in [1.54, 1.807) is 34.7 Å². The molecule has 11 nitrogen and oxygen atoms in total. The van der Waals surface area contributed by atoms with Crippen LogP contribution < -0.4 is 14.7 Å². The molecular weight excluding hydrogens is 705 g/mol. The second-order valence-electron chi connectivity index (χ2n) is 13.7. The maximum absolute atomic E-state index is 14.5. The number of aliphatic hydroxyl groups is 2. The summed E-state index contributed by atoms with van der Waals surface area (Å²) < 4.78 is 1.71. The summed E-state index contributed by atoms with van der Waals surface area (Å²) in [6, 6.07) is 40.7. The van der Waals surface area contributed by atoms with Crippen LogP contribution in [0.4, 0.5) is 28.4 Å². The van der Waals surface area contributed by atoms with Gasteiger partial charge < -0.3 is 15.1 Å². The number of benzene rings is 5. The van der Waals surface area contributed by atoms with Gasteiger partial charge in [-0.1, -0.05) is 103 Å². The number of aryl methyl sites for hydroxylation is 1. The third-order valence-electron chi connectivity index (χ3n) is 10.3. The van der Waals surface area contributed by atoms with Crippen LogP contribution >= 0.6 is 0 Å². The summed E-state index contributed by atoms with van der Waals surface area (Å²) >= 11 is 0. The van der Waals surface area contributed by atoms with E-state index < -0.39 is 17.4 Å². The maximum atomic E-state index is 14.5. The Hall–Kier alpha value is -6.69. The standard InChI is InChI=1S/C45H42N6O5/c1-33(13-11-12-26-48-29-42(46-47-48)40(30-52)35-14-5-2-6-15-35)45(56)41-27-39(51(32-54)37-18-9-4-10-19-37)24-25-43(41)49(44(45)55)28-34-20-22-38(23-21-34)50(31-53)36-16-7-3-8-17-36/h2-11,13-25,27,29,31-33,40,52,56H,12,26,28,30H2,1H3/b13-11+/t33-,40?,45+/m0/s1. The lowest BCUT2D eigenvalue weighted by Gasteiger charge is -2.28. The summed E-state index contributed by atoms with van der Waals surface area (Å²) in [7, 11) is 0. The number of nitrogens with zero attached hydrogens (tertiary/aromatic N) is 6. The number of allylic oxidation sites excluding steroid dienone is 1. The average Bonchev–Trinajstić information content (AvgIpc) is 3.79. The Balaban J connectivity index is 1.13. The van der Waals surface area contributed by atoms with Crippen LogP contribution in [0.2, 0.25) is 0 Å². The number of hydrogen-bond donors (Lipinski definition) is 2. The quantitative estimate of drug-likeness (QED) is 0.0805. The van der Waals surface area contributed by atoms with Crippen molar-refractivity contribution in [2.24, 2.45) is 5.92 Å². The molecule has 0 fully saturated rings. The molecule has 3 atom stereocenters. The fourth-order valence-corrected chi connectivity index (χ4v) is 7.19. The minimum Gasteiger partial charge on any atom is -0.395 e. The molecule has 0 aliphatic carbocycles. The van der Waals surface area contributed by atoms with Crippen molar-refractivity contribution in [3.05, 3.63) is 174 Å². The van der Waals surface area contributed by atoms with Crippen LogP contribution in [0.25, 0.3) is 0 Å². The van der Waals surface area contributed by atoms with Crippen LogP contribution in [-0.4, -0.2) is 50.5 Å². The molecule has 0 saturated carbocycles. The van der Waals surface area contributed by atoms with Crippen molar-refractivity contribution < 1.29 is 24.6 Å². The number of anilines is 5. The molecule has 2 N–H and O–H groups in total. The Morgan fingerprint density at radius 1 is 0.768 bits per heavy atom. The predicted octanol–water partition coefficient (Wildman–Crippen LogP) is 7.01. The molecule has 282 valence electrons. The molecule has 56 heavy (non-hydrogen) atoms. The topological polar surface area (TPSA) is 132 Å². The monoisotopic (exact) mass is 746 g/mol. The van der Waals surface area contributed by atoms with Gasteiger partial charge in [0.2, 0.25) is 12.8 Å². The smallest absolute Gasteiger partial charge is 0.264 e. The molecule has 1 unspecified atom stereocenters. The van der Waals surface area contributed by atoms with Crippen molar-refractivity contribution in [3.63, 3.8) is 0 Å². The Kier molecular flexibility index (Phi) is 11.3. The van der Waals surface area contributed by atoms with Crippen LogP contribution in [0.1, 0.15) is 41.6 Å². The van der Waals surface area contributed by atoms with Gasteiger partial charge in [-0.15, -0.1) is 5.10 Å². The lowest BCUT2D eigenvalue weighted by Crippen LogP contribution is -2.44. The molecule has 1 aliphatic rings. The van der Waals surface area contributed by atoms with Crippen molar-refractivity contribution in [1.29, 1.82) is 0 Å². The first kappa shape index (κ1) is 37.6. The van der Waals surface area contributed by atoms with Gasteiger partial charge >= 0.3 is 0 Å². The number of amides is 3. The molecule has 7 rings (SSSR count). The van der Waals surface area contributed by atoms with Gasteiger partial charge in [0, 0.05) is 47.0 Å². The summed E-state index contributed by atoms with van der Waals surface area (Å²) in [6.07, 6.45) is 7.59. The van der Waals surface area contributed by atoms with Gasteiger partial charge in [0.15, 0.2) is 5.60 Å². The third-order valence-corrected chi connectivity index (χ3v) is 10.3. The van der Waals surface area contributed by atoms with Crippen molar-refractivity contribution in [2.75, 3.05) is 21.3 Å². The van der Waals surface area contributed by atoms with Crippen LogP contribution in [0.3, 0.4) is 0 Å². The summed E-state index contributed by atoms with van der Waals surface area (Å²) in [5, 5.41) is 31.2. The SMILES string of the molecule is C[C@@H](/C=C/CCn1cc(C(CO)c2ccccc2)nn1)[C@]1(O)C(=O)N(Cc2ccc(N(C=O)c3ccccc3)cc2)c2ccc(N(C=O)c3ccccc3)cc21. The van der Waals surface area contributed by atoms with Crippen LogP contribution in [0.15, 0.2) is 152 Å². The van der Waals surface area contributed by atoms with Crippen LogP contribution in [0, 0.1) is 5.92 Å². The van der Waals surface area contributed by atoms with E-state index in [-0.39, 0.29) is 19.1 Å². The molecule has 1 aromatic heterocycles. The molecule has 0 bridgehead atoms. The fraction of sp³-hybridized carbons (Fsp3) is 0.178. The average molecular weight is 747 g/mol. The molecule has 1 aliphatic heterocycles. The van der Waals surface area contributed by atoms with Crippen molar-refractivity contribution in [3.8, 4) is 0 Å². The van der Waals surface area contributed by atoms with Crippen molar-refractivity contribution in [2.45, 2.75) is 38.0 Å². The summed E-state index contributed by atoms with van der Waals surface area (Å²) in [6.45, 7) is 2.37. The molecular formula is C45H42N6O5. The molecule has 0 radical (unpaired) electrons.